The Balaban J connectivity index is 1.53. The third-order valence-corrected chi connectivity index (χ3v) is 5.20. The lowest BCUT2D eigenvalue weighted by Crippen LogP contribution is -2.48. The molecule has 0 saturated carbocycles. The summed E-state index contributed by atoms with van der Waals surface area (Å²) in [5.74, 6) is 0.0384. The van der Waals surface area contributed by atoms with Gasteiger partial charge in [0.1, 0.15) is 6.10 Å². The van der Waals surface area contributed by atoms with Crippen molar-refractivity contribution in [1.29, 1.82) is 0 Å². The minimum absolute atomic E-state index is 0.0384. The monoisotopic (exact) mass is 345 g/mol. The number of ether oxygens (including phenoxy) is 1. The van der Waals surface area contributed by atoms with Crippen LogP contribution in [0, 0.1) is 6.92 Å². The first-order valence-corrected chi connectivity index (χ1v) is 8.90. The largest absolute Gasteiger partial charge is 0.362 e. The van der Waals surface area contributed by atoms with E-state index in [-0.39, 0.29) is 23.6 Å². The molecule has 0 bridgehead atoms. The van der Waals surface area contributed by atoms with Gasteiger partial charge in [0.05, 0.1) is 5.60 Å². The summed E-state index contributed by atoms with van der Waals surface area (Å²) in [5, 5.41) is 2.96. The summed E-state index contributed by atoms with van der Waals surface area (Å²) in [4.78, 5) is 28.0. The molecule has 25 heavy (non-hydrogen) atoms. The van der Waals surface area contributed by atoms with Crippen LogP contribution >= 0.6 is 0 Å². The summed E-state index contributed by atoms with van der Waals surface area (Å²) in [5.41, 5.74) is 1.70. The quantitative estimate of drug-likeness (QED) is 0.896. The summed E-state index contributed by atoms with van der Waals surface area (Å²) < 4.78 is 6.13. The van der Waals surface area contributed by atoms with E-state index in [1.165, 1.54) is 0 Å². The van der Waals surface area contributed by atoms with E-state index >= 15 is 0 Å². The standard InChI is InChI=1S/C19H27N3O3/c1-14-5-4-6-15(13-14)20-18(24)22-11-9-19(10-12-22)8-7-16(25-19)17(23)21(2)3/h4-6,13,16H,7-12H2,1-3H3,(H,20,24)/t16-/m0/s1. The van der Waals surface area contributed by atoms with Gasteiger partial charge in [-0.15, -0.1) is 0 Å². The topological polar surface area (TPSA) is 61.9 Å². The zero-order valence-corrected chi connectivity index (χ0v) is 15.2. The van der Waals surface area contributed by atoms with Crippen LogP contribution in [0.3, 0.4) is 0 Å². The van der Waals surface area contributed by atoms with Gasteiger partial charge < -0.3 is 19.9 Å². The molecule has 1 aromatic rings. The number of nitrogens with one attached hydrogen (secondary N) is 1. The average Bonchev–Trinajstić information content (AvgIpc) is 2.98. The first-order chi connectivity index (χ1) is 11.9. The molecular weight excluding hydrogens is 318 g/mol. The molecule has 0 aromatic heterocycles. The lowest BCUT2D eigenvalue weighted by Gasteiger charge is -2.39. The van der Waals surface area contributed by atoms with E-state index < -0.39 is 0 Å². The van der Waals surface area contributed by atoms with Crippen LogP contribution in [0.2, 0.25) is 0 Å². The second-order valence-corrected chi connectivity index (χ2v) is 7.35. The van der Waals surface area contributed by atoms with Crippen molar-refractivity contribution in [2.75, 3.05) is 32.5 Å². The van der Waals surface area contributed by atoms with Crippen molar-refractivity contribution in [3.8, 4) is 0 Å². The Morgan fingerprint density at radius 2 is 1.96 bits per heavy atom. The molecule has 2 saturated heterocycles. The number of piperidine rings is 1. The molecule has 3 amide bonds. The maximum atomic E-state index is 12.5. The van der Waals surface area contributed by atoms with Crippen molar-refractivity contribution >= 4 is 17.6 Å². The molecule has 136 valence electrons. The van der Waals surface area contributed by atoms with Crippen molar-refractivity contribution in [1.82, 2.24) is 9.80 Å². The summed E-state index contributed by atoms with van der Waals surface area (Å²) in [6.07, 6.45) is 2.90. The lowest BCUT2D eigenvalue weighted by atomic mass is 9.88. The highest BCUT2D eigenvalue weighted by molar-refractivity contribution is 5.89. The van der Waals surface area contributed by atoms with Crippen molar-refractivity contribution < 1.29 is 14.3 Å². The Morgan fingerprint density at radius 1 is 1.24 bits per heavy atom. The smallest absolute Gasteiger partial charge is 0.321 e. The van der Waals surface area contributed by atoms with Crippen molar-refractivity contribution in [3.05, 3.63) is 29.8 Å². The minimum Gasteiger partial charge on any atom is -0.362 e. The lowest BCUT2D eigenvalue weighted by molar-refractivity contribution is -0.148. The molecule has 0 unspecified atom stereocenters. The Bertz CT molecular complexity index is 651. The van der Waals surface area contributed by atoms with Gasteiger partial charge in [-0.25, -0.2) is 4.79 Å². The molecule has 2 aliphatic rings. The summed E-state index contributed by atoms with van der Waals surface area (Å²) >= 11 is 0. The van der Waals surface area contributed by atoms with Gasteiger partial charge in [-0.3, -0.25) is 4.79 Å². The fourth-order valence-corrected chi connectivity index (χ4v) is 3.69. The normalized spacial score (nSPS) is 22.0. The molecule has 3 rings (SSSR count). The molecule has 1 N–H and O–H groups in total. The van der Waals surface area contributed by atoms with E-state index in [0.717, 1.165) is 36.9 Å². The Morgan fingerprint density at radius 3 is 2.60 bits per heavy atom. The second kappa shape index (κ2) is 7.04. The maximum absolute atomic E-state index is 12.5. The van der Waals surface area contributed by atoms with Crippen LogP contribution < -0.4 is 5.32 Å². The molecule has 6 nitrogen and oxygen atoms in total. The molecular formula is C19H27N3O3. The highest BCUT2D eigenvalue weighted by atomic mass is 16.5. The van der Waals surface area contributed by atoms with Gasteiger partial charge in [0.15, 0.2) is 0 Å². The number of carbonyl (C=O) groups excluding carboxylic acids is 2. The van der Waals surface area contributed by atoms with E-state index in [2.05, 4.69) is 5.32 Å². The van der Waals surface area contributed by atoms with Gasteiger partial charge in [-0.2, -0.15) is 0 Å². The van der Waals surface area contributed by atoms with E-state index in [4.69, 9.17) is 4.74 Å². The van der Waals surface area contributed by atoms with E-state index in [9.17, 15) is 9.59 Å². The number of amides is 3. The van der Waals surface area contributed by atoms with Crippen molar-refractivity contribution in [2.24, 2.45) is 0 Å². The number of nitrogens with zero attached hydrogens (tertiary/aromatic N) is 2. The van der Waals surface area contributed by atoms with Crippen LogP contribution in [0.5, 0.6) is 0 Å². The number of hydrogen-bond donors (Lipinski definition) is 1. The second-order valence-electron chi connectivity index (χ2n) is 7.35. The number of urea groups is 1. The van der Waals surface area contributed by atoms with E-state index in [1.54, 1.807) is 19.0 Å². The van der Waals surface area contributed by atoms with E-state index in [1.807, 2.05) is 36.1 Å². The summed E-state index contributed by atoms with van der Waals surface area (Å²) in [6.45, 7) is 3.31. The predicted octanol–water partition coefficient (Wildman–Crippen LogP) is 2.63. The first kappa shape index (κ1) is 17.7. The highest BCUT2D eigenvalue weighted by Gasteiger charge is 2.45. The number of carbonyl (C=O) groups is 2. The van der Waals surface area contributed by atoms with Gasteiger partial charge in [0.2, 0.25) is 0 Å². The number of aryl methyl sites for hydroxylation is 1. The number of likely N-dealkylation sites (tertiary alicyclic amines) is 1. The zero-order chi connectivity index (χ0) is 18.0. The Labute approximate surface area is 149 Å². The first-order valence-electron chi connectivity index (χ1n) is 8.90. The minimum atomic E-state index is -0.331. The molecule has 2 fully saturated rings. The van der Waals surface area contributed by atoms with Gasteiger partial charge >= 0.3 is 6.03 Å². The number of rotatable bonds is 2. The van der Waals surface area contributed by atoms with Crippen LogP contribution in [-0.2, 0) is 9.53 Å². The highest BCUT2D eigenvalue weighted by Crippen LogP contribution is 2.39. The molecule has 1 atom stereocenters. The Kier molecular flexibility index (Phi) is 4.99. The SMILES string of the molecule is Cc1cccc(NC(=O)N2CCC3(CC[C@@H](C(=O)N(C)C)O3)CC2)c1. The van der Waals surface area contributed by atoms with Crippen molar-refractivity contribution in [3.63, 3.8) is 0 Å². The molecule has 0 aliphatic carbocycles. The fraction of sp³-hybridized carbons (Fsp3) is 0.579. The predicted molar refractivity (Wildman–Crippen MR) is 96.5 cm³/mol. The van der Waals surface area contributed by atoms with Crippen molar-refractivity contribution in [2.45, 2.75) is 44.3 Å². The van der Waals surface area contributed by atoms with Gasteiger partial charge in [0, 0.05) is 32.9 Å². The number of likely N-dealkylation sites (N-methyl/N-ethyl adjacent to an activating group) is 1. The van der Waals surface area contributed by atoms with Crippen LogP contribution in [0.15, 0.2) is 24.3 Å². The average molecular weight is 345 g/mol. The fourth-order valence-electron chi connectivity index (χ4n) is 3.69. The third kappa shape index (κ3) is 3.95. The Hall–Kier alpha value is -2.08. The summed E-state index contributed by atoms with van der Waals surface area (Å²) in [7, 11) is 3.52. The van der Waals surface area contributed by atoms with Gasteiger partial charge in [-0.1, -0.05) is 12.1 Å². The number of hydrogen-bond acceptors (Lipinski definition) is 3. The summed E-state index contributed by atoms with van der Waals surface area (Å²) in [6, 6.07) is 7.72. The van der Waals surface area contributed by atoms with Crippen LogP contribution in [-0.4, -0.2) is 60.6 Å². The molecule has 2 heterocycles. The number of anilines is 1. The molecule has 0 radical (unpaired) electrons. The molecule has 1 aromatic carbocycles. The van der Waals surface area contributed by atoms with E-state index in [0.29, 0.717) is 13.1 Å². The van der Waals surface area contributed by atoms with Crippen LogP contribution in [0.25, 0.3) is 0 Å². The van der Waals surface area contributed by atoms with Gasteiger partial charge in [-0.05, 0) is 50.3 Å². The third-order valence-electron chi connectivity index (χ3n) is 5.20. The van der Waals surface area contributed by atoms with Crippen LogP contribution in [0.1, 0.15) is 31.2 Å². The zero-order valence-electron chi connectivity index (χ0n) is 15.2. The number of benzene rings is 1. The van der Waals surface area contributed by atoms with Crippen LogP contribution in [0.4, 0.5) is 10.5 Å². The maximum Gasteiger partial charge on any atom is 0.321 e. The molecule has 1 spiro atoms. The molecule has 6 heteroatoms. The molecule has 2 aliphatic heterocycles. The van der Waals surface area contributed by atoms with Gasteiger partial charge in [0.25, 0.3) is 5.91 Å².